The molecular weight excluding hydrogens is 811 g/mol. The number of carbonyl (C=O) groups excluding carboxylic acids is 5. The van der Waals surface area contributed by atoms with Crippen LogP contribution in [-0.4, -0.2) is 121 Å². The molecule has 0 radical (unpaired) electrons. The summed E-state index contributed by atoms with van der Waals surface area (Å²) in [6.45, 7) is 24.0. The molecule has 0 bridgehead atoms. The van der Waals surface area contributed by atoms with Crippen LogP contribution in [0.15, 0.2) is 30.5 Å². The molecule has 14 heteroatoms. The average molecular weight is 900 g/mol. The molecule has 1 aliphatic rings. The number of para-hydroxylation sites is 1. The molecule has 64 heavy (non-hydrogen) atoms. The molecule has 3 rings (SSSR count). The van der Waals surface area contributed by atoms with Crippen LogP contribution in [-0.2, 0) is 39.9 Å². The molecule has 9 atom stereocenters. The van der Waals surface area contributed by atoms with Crippen molar-refractivity contribution in [2.75, 3.05) is 40.9 Å². The molecule has 2 heterocycles. The van der Waals surface area contributed by atoms with Crippen molar-refractivity contribution >= 4 is 40.3 Å². The highest BCUT2D eigenvalue weighted by atomic mass is 16.5. The van der Waals surface area contributed by atoms with E-state index in [4.69, 9.17) is 20.9 Å². The van der Waals surface area contributed by atoms with E-state index in [0.29, 0.717) is 18.9 Å². The van der Waals surface area contributed by atoms with E-state index in [0.717, 1.165) is 74.5 Å². The number of rotatable bonds is 26. The first kappa shape index (κ1) is 58.2. The van der Waals surface area contributed by atoms with Gasteiger partial charge in [0.1, 0.15) is 6.04 Å². The lowest BCUT2D eigenvalue weighted by atomic mass is 9.87. The molecule has 0 saturated carbocycles. The van der Waals surface area contributed by atoms with Gasteiger partial charge in [0.15, 0.2) is 5.78 Å². The number of unbranched alkanes of at least 4 members (excludes halogenated alkanes) is 3. The van der Waals surface area contributed by atoms with Crippen molar-refractivity contribution in [2.45, 2.75) is 170 Å². The third-order valence-corrected chi connectivity index (χ3v) is 13.0. The minimum absolute atomic E-state index is 0.0142. The number of Topliss-reactive ketones (excluding diaryl/α,β-unsaturated/α-hetero) is 1. The lowest BCUT2D eigenvalue weighted by Crippen LogP contribution is -2.53. The van der Waals surface area contributed by atoms with Crippen LogP contribution in [0, 0.1) is 29.6 Å². The summed E-state index contributed by atoms with van der Waals surface area (Å²) in [7, 11) is 5.22. The fraction of sp³-hybridized carbons (Fsp3) is 0.740. The van der Waals surface area contributed by atoms with E-state index in [1.807, 2.05) is 84.0 Å². The lowest BCUT2D eigenvalue weighted by molar-refractivity contribution is -0.143. The van der Waals surface area contributed by atoms with Gasteiger partial charge in [-0.15, -0.1) is 0 Å². The van der Waals surface area contributed by atoms with Gasteiger partial charge in [-0.1, -0.05) is 107 Å². The van der Waals surface area contributed by atoms with E-state index in [2.05, 4.69) is 41.3 Å². The molecule has 1 aliphatic heterocycles. The number of amides is 4. The maximum absolute atomic E-state index is 13.4. The van der Waals surface area contributed by atoms with Crippen molar-refractivity contribution in [2.24, 2.45) is 41.1 Å². The van der Waals surface area contributed by atoms with Crippen molar-refractivity contribution < 1.29 is 33.4 Å². The maximum atomic E-state index is 13.4. The lowest BCUT2D eigenvalue weighted by Gasteiger charge is -2.35. The standard InChI is InChI=1S/C30H46N4O5.C18H37N3O2.C2H6/c1-7-18(2)19(3)26(38-5)16-27(35)34-14-10-13-25(34)28(39-6)20(4)30(37)33-24(29(31)36)15-21-17-32-23-12-9-8-11-22(21)23;1-13(2)16(15(5)22)20-18(23)17(14(3)4)21(6)12-10-8-7-9-11-19;1-2/h8-9,11-12,17-20,24-26,28,32H,7,10,13-16H2,1-6H3,(H2,31,36)(H,33,37);13-14,16-17H,7-12,19H2,1-6H3,(H,20,23);1-2H3/t18?,19?,20?,24-,25?,26?,28?;16-,17?;/m00./s1. The van der Waals surface area contributed by atoms with Gasteiger partial charge in [-0.3, -0.25) is 28.9 Å². The molecule has 4 amide bonds. The predicted octanol–water partition coefficient (Wildman–Crippen LogP) is 6.63. The fourth-order valence-corrected chi connectivity index (χ4v) is 8.83. The molecule has 1 fully saturated rings. The van der Waals surface area contributed by atoms with Crippen molar-refractivity contribution in [3.05, 3.63) is 36.0 Å². The first-order chi connectivity index (χ1) is 30.3. The number of H-pyrrole nitrogens is 1. The van der Waals surface area contributed by atoms with Gasteiger partial charge in [-0.05, 0) is 88.0 Å². The Labute approximate surface area is 386 Å². The van der Waals surface area contributed by atoms with Gasteiger partial charge in [-0.2, -0.15) is 0 Å². The Morgan fingerprint density at radius 3 is 2.09 bits per heavy atom. The summed E-state index contributed by atoms with van der Waals surface area (Å²) in [5.74, 6) is -0.559. The number of nitrogens with one attached hydrogen (secondary N) is 3. The topological polar surface area (TPSA) is 202 Å². The van der Waals surface area contributed by atoms with Crippen LogP contribution in [0.4, 0.5) is 0 Å². The summed E-state index contributed by atoms with van der Waals surface area (Å²) in [5, 5.41) is 6.77. The molecule has 366 valence electrons. The largest absolute Gasteiger partial charge is 0.381 e. The highest BCUT2D eigenvalue weighted by Crippen LogP contribution is 2.30. The minimum atomic E-state index is -0.873. The van der Waals surface area contributed by atoms with Gasteiger partial charge in [0, 0.05) is 44.3 Å². The number of nitrogens with zero attached hydrogens (tertiary/aromatic N) is 2. The number of fused-ring (bicyclic) bond motifs is 1. The number of likely N-dealkylation sites (N-methyl/N-ethyl adjacent to an activating group) is 1. The zero-order chi connectivity index (χ0) is 48.7. The molecule has 7 unspecified atom stereocenters. The number of ether oxygens (including phenoxy) is 2. The molecule has 0 aliphatic carbocycles. The predicted molar refractivity (Wildman–Crippen MR) is 259 cm³/mol. The summed E-state index contributed by atoms with van der Waals surface area (Å²) in [6.07, 6.45) is 8.72. The van der Waals surface area contributed by atoms with Crippen LogP contribution in [0.2, 0.25) is 0 Å². The highest BCUT2D eigenvalue weighted by Gasteiger charge is 2.41. The number of primary amides is 1. The Hall–Kier alpha value is -3.85. The number of carbonyl (C=O) groups is 5. The summed E-state index contributed by atoms with van der Waals surface area (Å²) < 4.78 is 11.6. The van der Waals surface area contributed by atoms with Crippen LogP contribution in [0.5, 0.6) is 0 Å². The fourth-order valence-electron chi connectivity index (χ4n) is 8.83. The number of hydrogen-bond acceptors (Lipinski definition) is 9. The van der Waals surface area contributed by atoms with E-state index in [-0.39, 0.29) is 65.9 Å². The number of aromatic nitrogens is 1. The number of ketones is 1. The summed E-state index contributed by atoms with van der Waals surface area (Å²) in [6, 6.07) is 6.07. The average Bonchev–Trinajstić information content (AvgIpc) is 3.92. The van der Waals surface area contributed by atoms with Gasteiger partial charge in [0.05, 0.1) is 42.7 Å². The molecule has 7 N–H and O–H groups in total. The Bertz CT molecular complexity index is 1680. The zero-order valence-corrected chi connectivity index (χ0v) is 42.1. The minimum Gasteiger partial charge on any atom is -0.381 e. The number of aromatic amines is 1. The van der Waals surface area contributed by atoms with Gasteiger partial charge in [0.25, 0.3) is 0 Å². The number of nitrogens with two attached hydrogens (primary N) is 2. The summed E-state index contributed by atoms with van der Waals surface area (Å²) in [4.78, 5) is 70.6. The van der Waals surface area contributed by atoms with E-state index >= 15 is 0 Å². The van der Waals surface area contributed by atoms with Crippen LogP contribution >= 0.6 is 0 Å². The Balaban J connectivity index is 0.000000702. The van der Waals surface area contributed by atoms with Crippen molar-refractivity contribution in [1.29, 1.82) is 0 Å². The molecule has 1 saturated heterocycles. The molecule has 0 spiro atoms. The number of benzene rings is 1. The Morgan fingerprint density at radius 2 is 1.55 bits per heavy atom. The van der Waals surface area contributed by atoms with Gasteiger partial charge in [0.2, 0.25) is 23.6 Å². The third-order valence-electron chi connectivity index (χ3n) is 13.0. The van der Waals surface area contributed by atoms with E-state index in [1.54, 1.807) is 21.1 Å². The molecular formula is C50H89N7O7. The van der Waals surface area contributed by atoms with Crippen molar-refractivity contribution in [3.8, 4) is 0 Å². The van der Waals surface area contributed by atoms with E-state index in [1.165, 1.54) is 6.92 Å². The van der Waals surface area contributed by atoms with Crippen molar-refractivity contribution in [1.82, 2.24) is 25.4 Å². The smallest absolute Gasteiger partial charge is 0.240 e. The number of methoxy groups -OCH3 is 2. The molecule has 1 aromatic carbocycles. The van der Waals surface area contributed by atoms with Crippen LogP contribution in [0.3, 0.4) is 0 Å². The van der Waals surface area contributed by atoms with Crippen molar-refractivity contribution in [3.63, 3.8) is 0 Å². The first-order valence-corrected chi connectivity index (χ1v) is 24.1. The molecule has 2 aromatic rings. The van der Waals surface area contributed by atoms with E-state index < -0.39 is 30.0 Å². The zero-order valence-electron chi connectivity index (χ0n) is 42.1. The SMILES string of the molecule is CC.CC(=O)[C@@H](NC(=O)C(C(C)C)N(C)CCCCCCN)C(C)C.CCC(C)C(C)C(CC(=O)N1CCCC1C(OC)C(C)C(=O)N[C@@H](Cc1c[nH]c2ccccc12)C(N)=O)OC. The van der Waals surface area contributed by atoms with E-state index in [9.17, 15) is 24.0 Å². The second-order valence-corrected chi connectivity index (χ2v) is 18.2. The number of likely N-dealkylation sites (tertiary alicyclic amines) is 1. The van der Waals surface area contributed by atoms with Crippen LogP contribution in [0.1, 0.15) is 133 Å². The van der Waals surface area contributed by atoms with Gasteiger partial charge >= 0.3 is 0 Å². The second kappa shape index (κ2) is 30.4. The van der Waals surface area contributed by atoms with Gasteiger partial charge < -0.3 is 41.5 Å². The quantitative estimate of drug-likeness (QED) is 0.0643. The molecule has 1 aromatic heterocycles. The summed E-state index contributed by atoms with van der Waals surface area (Å²) in [5.41, 5.74) is 13.1. The third kappa shape index (κ3) is 17.9. The summed E-state index contributed by atoms with van der Waals surface area (Å²) >= 11 is 0. The molecule has 14 nitrogen and oxygen atoms in total. The Kier molecular flexibility index (Phi) is 27.6. The first-order valence-electron chi connectivity index (χ1n) is 24.1. The highest BCUT2D eigenvalue weighted by molar-refractivity contribution is 5.90. The monoisotopic (exact) mass is 900 g/mol. The maximum Gasteiger partial charge on any atom is 0.240 e. The van der Waals surface area contributed by atoms with Crippen LogP contribution < -0.4 is 22.1 Å². The normalized spacial score (nSPS) is 17.6. The second-order valence-electron chi connectivity index (χ2n) is 18.2. The van der Waals surface area contributed by atoms with Gasteiger partial charge in [-0.25, -0.2) is 0 Å². The Morgan fingerprint density at radius 1 is 0.906 bits per heavy atom. The number of hydrogen-bond donors (Lipinski definition) is 5. The van der Waals surface area contributed by atoms with Crippen LogP contribution in [0.25, 0.3) is 10.9 Å².